The van der Waals surface area contributed by atoms with E-state index in [0.717, 1.165) is 44.1 Å². The van der Waals surface area contributed by atoms with Crippen LogP contribution in [0.3, 0.4) is 0 Å². The zero-order valence-electron chi connectivity index (χ0n) is 12.5. The molecule has 0 radical (unpaired) electrons. The Balaban J connectivity index is 1.47. The second-order valence-electron chi connectivity index (χ2n) is 5.57. The molecule has 1 aliphatic heterocycles. The summed E-state index contributed by atoms with van der Waals surface area (Å²) < 4.78 is 0. The first-order chi connectivity index (χ1) is 10.3. The summed E-state index contributed by atoms with van der Waals surface area (Å²) in [5, 5.41) is 13.0. The summed E-state index contributed by atoms with van der Waals surface area (Å²) >= 11 is 1.83. The van der Waals surface area contributed by atoms with E-state index in [1.165, 1.54) is 17.7 Å². The van der Waals surface area contributed by atoms with Crippen molar-refractivity contribution in [2.75, 3.05) is 25.0 Å². The van der Waals surface area contributed by atoms with E-state index in [-0.39, 0.29) is 0 Å². The van der Waals surface area contributed by atoms with Crippen LogP contribution in [0.5, 0.6) is 0 Å². The summed E-state index contributed by atoms with van der Waals surface area (Å²) in [5.74, 6) is 1.88. The summed E-state index contributed by atoms with van der Waals surface area (Å²) in [6, 6.07) is 4.95. The Morgan fingerprint density at radius 2 is 2.24 bits per heavy atom. The van der Waals surface area contributed by atoms with Crippen LogP contribution in [0.15, 0.2) is 17.5 Å². The van der Waals surface area contributed by atoms with Crippen molar-refractivity contribution in [3.8, 4) is 0 Å². The molecular formula is C15H23N5S. The third-order valence-corrected chi connectivity index (χ3v) is 5.06. The van der Waals surface area contributed by atoms with Gasteiger partial charge in [-0.05, 0) is 44.2 Å². The van der Waals surface area contributed by atoms with E-state index in [2.05, 4.69) is 42.9 Å². The van der Waals surface area contributed by atoms with Crippen molar-refractivity contribution in [2.45, 2.75) is 38.1 Å². The lowest BCUT2D eigenvalue weighted by Crippen LogP contribution is -2.41. The van der Waals surface area contributed by atoms with E-state index in [4.69, 9.17) is 0 Å². The number of hydrogen-bond acceptors (Lipinski definition) is 5. The SMILES string of the molecule is CNC1CCN(c2n[nH]c(CCCc3cccs3)n2)CC1. The van der Waals surface area contributed by atoms with Crippen LogP contribution in [0.25, 0.3) is 0 Å². The number of H-pyrrole nitrogens is 1. The van der Waals surface area contributed by atoms with Gasteiger partial charge in [-0.25, -0.2) is 0 Å². The van der Waals surface area contributed by atoms with E-state index < -0.39 is 0 Å². The molecule has 114 valence electrons. The Bertz CT molecular complexity index is 528. The van der Waals surface area contributed by atoms with Crippen LogP contribution in [0, 0.1) is 0 Å². The van der Waals surface area contributed by atoms with Crippen LogP contribution in [0.1, 0.15) is 30.0 Å². The number of nitrogens with one attached hydrogen (secondary N) is 2. The van der Waals surface area contributed by atoms with Gasteiger partial charge in [-0.3, -0.25) is 5.10 Å². The third kappa shape index (κ3) is 3.83. The third-order valence-electron chi connectivity index (χ3n) is 4.12. The van der Waals surface area contributed by atoms with E-state index >= 15 is 0 Å². The maximum atomic E-state index is 4.65. The number of rotatable bonds is 6. The number of thiophene rings is 1. The van der Waals surface area contributed by atoms with Gasteiger partial charge in [0.2, 0.25) is 5.95 Å². The molecule has 0 aromatic carbocycles. The minimum absolute atomic E-state index is 0.644. The van der Waals surface area contributed by atoms with Crippen LogP contribution in [-0.4, -0.2) is 41.4 Å². The Kier molecular flexibility index (Phi) is 4.87. The lowest BCUT2D eigenvalue weighted by atomic mass is 10.1. The lowest BCUT2D eigenvalue weighted by Gasteiger charge is -2.30. The minimum atomic E-state index is 0.644. The molecule has 2 aromatic rings. The molecule has 3 rings (SSSR count). The first-order valence-electron chi connectivity index (χ1n) is 7.71. The summed E-state index contributed by atoms with van der Waals surface area (Å²) in [4.78, 5) is 8.38. The highest BCUT2D eigenvalue weighted by Gasteiger charge is 2.20. The van der Waals surface area contributed by atoms with Crippen molar-refractivity contribution in [1.29, 1.82) is 0 Å². The van der Waals surface area contributed by atoms with Crippen LogP contribution in [-0.2, 0) is 12.8 Å². The van der Waals surface area contributed by atoms with E-state index in [1.54, 1.807) is 0 Å². The molecule has 0 bridgehead atoms. The van der Waals surface area contributed by atoms with Gasteiger partial charge >= 0.3 is 0 Å². The normalized spacial score (nSPS) is 16.5. The van der Waals surface area contributed by atoms with E-state index in [0.29, 0.717) is 6.04 Å². The van der Waals surface area contributed by atoms with Crippen LogP contribution < -0.4 is 10.2 Å². The number of piperidine rings is 1. The van der Waals surface area contributed by atoms with Crippen molar-refractivity contribution in [2.24, 2.45) is 0 Å². The fourth-order valence-corrected chi connectivity index (χ4v) is 3.54. The molecule has 6 heteroatoms. The highest BCUT2D eigenvalue weighted by molar-refractivity contribution is 7.09. The topological polar surface area (TPSA) is 56.8 Å². The smallest absolute Gasteiger partial charge is 0.244 e. The first kappa shape index (κ1) is 14.5. The molecule has 2 N–H and O–H groups in total. The number of anilines is 1. The summed E-state index contributed by atoms with van der Waals surface area (Å²) in [7, 11) is 2.04. The molecule has 1 aliphatic rings. The molecule has 0 atom stereocenters. The predicted molar refractivity (Wildman–Crippen MR) is 87.0 cm³/mol. The van der Waals surface area contributed by atoms with Gasteiger partial charge in [0.05, 0.1) is 0 Å². The van der Waals surface area contributed by atoms with Crippen LogP contribution in [0.4, 0.5) is 5.95 Å². The van der Waals surface area contributed by atoms with Gasteiger partial charge in [0.25, 0.3) is 0 Å². The first-order valence-corrected chi connectivity index (χ1v) is 8.59. The van der Waals surface area contributed by atoms with Crippen molar-refractivity contribution < 1.29 is 0 Å². The maximum absolute atomic E-state index is 4.65. The van der Waals surface area contributed by atoms with Gasteiger partial charge in [-0.15, -0.1) is 16.4 Å². The van der Waals surface area contributed by atoms with Gasteiger partial charge in [-0.2, -0.15) is 4.98 Å². The minimum Gasteiger partial charge on any atom is -0.339 e. The monoisotopic (exact) mass is 305 g/mol. The zero-order chi connectivity index (χ0) is 14.5. The average molecular weight is 305 g/mol. The number of aromatic nitrogens is 3. The molecule has 0 saturated carbocycles. The van der Waals surface area contributed by atoms with Gasteiger partial charge in [0.1, 0.15) is 5.82 Å². The Morgan fingerprint density at radius 1 is 1.38 bits per heavy atom. The van der Waals surface area contributed by atoms with Crippen LogP contribution >= 0.6 is 11.3 Å². The van der Waals surface area contributed by atoms with Crippen molar-refractivity contribution in [3.05, 3.63) is 28.2 Å². The number of hydrogen-bond donors (Lipinski definition) is 2. The van der Waals surface area contributed by atoms with Crippen LogP contribution in [0.2, 0.25) is 0 Å². The molecule has 3 heterocycles. The van der Waals surface area contributed by atoms with Crippen molar-refractivity contribution in [3.63, 3.8) is 0 Å². The molecule has 21 heavy (non-hydrogen) atoms. The Labute approximate surface area is 129 Å². The molecule has 5 nitrogen and oxygen atoms in total. The van der Waals surface area contributed by atoms with Crippen molar-refractivity contribution in [1.82, 2.24) is 20.5 Å². The summed E-state index contributed by atoms with van der Waals surface area (Å²) in [6.07, 6.45) is 5.55. The standard InChI is InChI=1S/C15H23N5S/c1-16-12-7-9-20(10-8-12)15-17-14(18-19-15)6-2-4-13-5-3-11-21-13/h3,5,11-12,16H,2,4,6-10H2,1H3,(H,17,18,19). The number of aromatic amines is 1. The van der Waals surface area contributed by atoms with Crippen molar-refractivity contribution >= 4 is 17.3 Å². The van der Waals surface area contributed by atoms with Gasteiger partial charge < -0.3 is 10.2 Å². The molecule has 1 fully saturated rings. The molecular weight excluding hydrogens is 282 g/mol. The Hall–Kier alpha value is -1.40. The zero-order valence-corrected chi connectivity index (χ0v) is 13.3. The predicted octanol–water partition coefficient (Wildman–Crippen LogP) is 2.23. The van der Waals surface area contributed by atoms with Gasteiger partial charge in [0, 0.05) is 30.4 Å². The summed E-state index contributed by atoms with van der Waals surface area (Å²) in [5.41, 5.74) is 0. The second kappa shape index (κ2) is 7.04. The molecule has 2 aromatic heterocycles. The maximum Gasteiger partial charge on any atom is 0.244 e. The molecule has 0 aliphatic carbocycles. The summed E-state index contributed by atoms with van der Waals surface area (Å²) in [6.45, 7) is 2.08. The molecule has 1 saturated heterocycles. The Morgan fingerprint density at radius 3 is 2.95 bits per heavy atom. The highest BCUT2D eigenvalue weighted by atomic mass is 32.1. The second-order valence-corrected chi connectivity index (χ2v) is 6.60. The van der Waals surface area contributed by atoms with Gasteiger partial charge in [-0.1, -0.05) is 6.07 Å². The molecule has 0 amide bonds. The largest absolute Gasteiger partial charge is 0.339 e. The fourth-order valence-electron chi connectivity index (χ4n) is 2.79. The average Bonchev–Trinajstić information content (AvgIpc) is 3.19. The number of nitrogens with zero attached hydrogens (tertiary/aromatic N) is 3. The quantitative estimate of drug-likeness (QED) is 0.859. The van der Waals surface area contributed by atoms with E-state index in [9.17, 15) is 0 Å². The molecule has 0 unspecified atom stereocenters. The molecule has 0 spiro atoms. The number of aryl methyl sites for hydroxylation is 2. The van der Waals surface area contributed by atoms with E-state index in [1.807, 2.05) is 18.4 Å². The highest BCUT2D eigenvalue weighted by Crippen LogP contribution is 2.17. The fraction of sp³-hybridized carbons (Fsp3) is 0.600. The van der Waals surface area contributed by atoms with Gasteiger partial charge in [0.15, 0.2) is 0 Å². The lowest BCUT2D eigenvalue weighted by molar-refractivity contribution is 0.439.